The molecule has 1 fully saturated rings. The highest BCUT2D eigenvalue weighted by Gasteiger charge is 2.41. The molecule has 0 amide bonds. The van der Waals surface area contributed by atoms with Crippen molar-refractivity contribution in [2.45, 2.75) is 37.8 Å². The van der Waals surface area contributed by atoms with E-state index in [1.807, 2.05) is 12.1 Å². The Labute approximate surface area is 192 Å². The molecule has 34 heavy (non-hydrogen) atoms. The summed E-state index contributed by atoms with van der Waals surface area (Å²) in [6, 6.07) is 9.77. The number of hydrogen-bond acceptors (Lipinski definition) is 7. The van der Waals surface area contributed by atoms with Crippen molar-refractivity contribution in [3.63, 3.8) is 0 Å². The zero-order valence-electron chi connectivity index (χ0n) is 18.4. The summed E-state index contributed by atoms with van der Waals surface area (Å²) in [7, 11) is 1.64. The van der Waals surface area contributed by atoms with Crippen molar-refractivity contribution >= 4 is 16.6 Å². The lowest BCUT2D eigenvalue weighted by molar-refractivity contribution is -0.0342. The number of hydrogen-bond donors (Lipinski definition) is 0. The molecule has 0 bridgehead atoms. The van der Waals surface area contributed by atoms with Crippen LogP contribution in [0.15, 0.2) is 58.2 Å². The number of rotatable bonds is 5. The zero-order valence-corrected chi connectivity index (χ0v) is 18.4. The first-order valence-corrected chi connectivity index (χ1v) is 11.1. The predicted molar refractivity (Wildman–Crippen MR) is 121 cm³/mol. The van der Waals surface area contributed by atoms with Crippen LogP contribution in [0.2, 0.25) is 0 Å². The molecule has 1 saturated carbocycles. The van der Waals surface area contributed by atoms with Crippen molar-refractivity contribution in [2.24, 2.45) is 0 Å². The highest BCUT2D eigenvalue weighted by atomic mass is 19.1. The molecule has 0 N–H and O–H groups in total. The number of halogens is 1. The molecule has 4 aromatic heterocycles. The van der Waals surface area contributed by atoms with Gasteiger partial charge in [-0.25, -0.2) is 9.37 Å². The van der Waals surface area contributed by atoms with Gasteiger partial charge in [0.15, 0.2) is 0 Å². The highest BCUT2D eigenvalue weighted by molar-refractivity contribution is 5.83. The van der Waals surface area contributed by atoms with Crippen molar-refractivity contribution < 1.29 is 13.7 Å². The Morgan fingerprint density at radius 1 is 1.15 bits per heavy atom. The van der Waals surface area contributed by atoms with Crippen LogP contribution in [0.5, 0.6) is 0 Å². The topological polar surface area (TPSA) is 100 Å². The van der Waals surface area contributed by atoms with Crippen molar-refractivity contribution in [3.8, 4) is 11.5 Å². The average Bonchev–Trinajstić information content (AvgIpc) is 3.62. The van der Waals surface area contributed by atoms with Gasteiger partial charge in [0.05, 0.1) is 23.3 Å². The summed E-state index contributed by atoms with van der Waals surface area (Å²) in [5.41, 5.74) is 1.34. The van der Waals surface area contributed by atoms with Crippen molar-refractivity contribution in [2.75, 3.05) is 7.11 Å². The highest BCUT2D eigenvalue weighted by Crippen LogP contribution is 2.41. The van der Waals surface area contributed by atoms with Crippen molar-refractivity contribution in [3.05, 3.63) is 76.7 Å². The molecule has 5 aromatic rings. The fourth-order valence-electron chi connectivity index (χ4n) is 4.82. The van der Waals surface area contributed by atoms with Gasteiger partial charge >= 0.3 is 0 Å². The molecule has 0 radical (unpaired) electrons. The van der Waals surface area contributed by atoms with Gasteiger partial charge in [-0.1, -0.05) is 11.2 Å². The third-order valence-corrected chi connectivity index (χ3v) is 6.58. The molecule has 0 atom stereocenters. The molecule has 0 spiro atoms. The van der Waals surface area contributed by atoms with Crippen LogP contribution in [0.3, 0.4) is 0 Å². The maximum atomic E-state index is 14.2. The van der Waals surface area contributed by atoms with Crippen LogP contribution in [0.25, 0.3) is 28.1 Å². The Morgan fingerprint density at radius 2 is 2.00 bits per heavy atom. The largest absolute Gasteiger partial charge is 0.368 e. The predicted octanol–water partition coefficient (Wildman–Crippen LogP) is 3.70. The lowest BCUT2D eigenvalue weighted by Gasteiger charge is -2.21. The lowest BCUT2D eigenvalue weighted by Crippen LogP contribution is -2.25. The Balaban J connectivity index is 1.56. The number of methoxy groups -OCH3 is 1. The second kappa shape index (κ2) is 7.84. The molecule has 0 aliphatic heterocycles. The number of benzene rings is 1. The second-order valence-corrected chi connectivity index (χ2v) is 8.49. The van der Waals surface area contributed by atoms with Crippen molar-refractivity contribution in [1.82, 2.24) is 29.1 Å². The Hall–Kier alpha value is -3.92. The molecule has 1 aromatic carbocycles. The van der Waals surface area contributed by atoms with Gasteiger partial charge in [0.2, 0.25) is 5.82 Å². The van der Waals surface area contributed by atoms with Crippen LogP contribution in [-0.2, 0) is 16.9 Å². The number of aromatic nitrogens is 6. The van der Waals surface area contributed by atoms with Crippen molar-refractivity contribution in [1.29, 1.82) is 0 Å². The molecule has 6 rings (SSSR count). The van der Waals surface area contributed by atoms with Gasteiger partial charge in [-0.3, -0.25) is 18.7 Å². The third kappa shape index (κ3) is 3.13. The first-order valence-electron chi connectivity index (χ1n) is 11.1. The minimum absolute atomic E-state index is 0.172. The first kappa shape index (κ1) is 20.7. The van der Waals surface area contributed by atoms with E-state index in [9.17, 15) is 9.18 Å². The fraction of sp³-hybridized carbons (Fsp3) is 0.292. The number of pyridine rings is 1. The molecule has 1 aliphatic rings. The molecule has 4 heterocycles. The van der Waals surface area contributed by atoms with E-state index in [0.717, 1.165) is 25.7 Å². The van der Waals surface area contributed by atoms with Gasteiger partial charge in [0, 0.05) is 13.3 Å². The Bertz CT molecular complexity index is 1570. The van der Waals surface area contributed by atoms with Gasteiger partial charge in [-0.2, -0.15) is 4.98 Å². The summed E-state index contributed by atoms with van der Waals surface area (Å²) in [5.74, 6) is 0.162. The summed E-state index contributed by atoms with van der Waals surface area (Å²) in [6.45, 7) is 0.172. The first-order chi connectivity index (χ1) is 16.6. The average molecular weight is 460 g/mol. The van der Waals surface area contributed by atoms with E-state index in [1.165, 1.54) is 23.0 Å². The SMILES string of the molecule is COC1(c2nc(-c3ncn4c3c(=O)n(Cc3ccccn3)c3cc(F)ccc34)no2)CCCC1. The molecular formula is C24H21FN6O3. The zero-order chi connectivity index (χ0) is 23.3. The monoisotopic (exact) mass is 460 g/mol. The minimum Gasteiger partial charge on any atom is -0.368 e. The van der Waals surface area contributed by atoms with Crippen LogP contribution in [0.4, 0.5) is 4.39 Å². The van der Waals surface area contributed by atoms with Gasteiger partial charge in [0.25, 0.3) is 11.4 Å². The number of ether oxygens (including phenoxy) is 1. The van der Waals surface area contributed by atoms with Gasteiger partial charge in [-0.15, -0.1) is 0 Å². The molecule has 0 saturated heterocycles. The van der Waals surface area contributed by atoms with E-state index in [4.69, 9.17) is 9.26 Å². The van der Waals surface area contributed by atoms with Gasteiger partial charge in [0.1, 0.15) is 29.0 Å². The third-order valence-electron chi connectivity index (χ3n) is 6.58. The quantitative estimate of drug-likeness (QED) is 0.394. The van der Waals surface area contributed by atoms with E-state index in [0.29, 0.717) is 28.3 Å². The summed E-state index contributed by atoms with van der Waals surface area (Å²) in [6.07, 6.45) is 6.79. The molecular weight excluding hydrogens is 439 g/mol. The maximum Gasteiger partial charge on any atom is 0.278 e. The molecule has 9 nitrogen and oxygen atoms in total. The number of fused-ring (bicyclic) bond motifs is 3. The van der Waals surface area contributed by atoms with Crippen LogP contribution >= 0.6 is 0 Å². The van der Waals surface area contributed by atoms with Gasteiger partial charge in [-0.05, 0) is 56.0 Å². The maximum absolute atomic E-state index is 14.2. The molecule has 1 aliphatic carbocycles. The lowest BCUT2D eigenvalue weighted by atomic mass is 10.0. The summed E-state index contributed by atoms with van der Waals surface area (Å²) in [5, 5.41) is 4.13. The fourth-order valence-corrected chi connectivity index (χ4v) is 4.82. The van der Waals surface area contributed by atoms with E-state index in [2.05, 4.69) is 20.1 Å². The summed E-state index contributed by atoms with van der Waals surface area (Å²) >= 11 is 0. The van der Waals surface area contributed by atoms with Gasteiger partial charge < -0.3 is 9.26 Å². The molecule has 10 heteroatoms. The van der Waals surface area contributed by atoms with Crippen LogP contribution in [0, 0.1) is 5.82 Å². The number of imidazole rings is 1. The van der Waals surface area contributed by atoms with Crippen LogP contribution in [0.1, 0.15) is 37.3 Å². The van der Waals surface area contributed by atoms with E-state index >= 15 is 0 Å². The standard InChI is InChI=1S/C24H21FN6O3/c1-33-24(9-3-4-10-24)23-28-21(29-34-23)19-20-22(32)30(13-16-6-2-5-11-26-16)18-12-15(25)7-8-17(18)31(20)14-27-19/h2,5-8,11-12,14H,3-4,9-10,13H2,1H3. The Kier molecular flexibility index (Phi) is 4.77. The normalized spacial score (nSPS) is 15.5. The van der Waals surface area contributed by atoms with E-state index in [1.54, 1.807) is 29.8 Å². The van der Waals surface area contributed by atoms with Crippen LogP contribution < -0.4 is 5.56 Å². The van der Waals surface area contributed by atoms with E-state index in [-0.39, 0.29) is 23.4 Å². The summed E-state index contributed by atoms with van der Waals surface area (Å²) in [4.78, 5) is 27.1. The summed E-state index contributed by atoms with van der Waals surface area (Å²) < 4.78 is 28.6. The second-order valence-electron chi connectivity index (χ2n) is 8.49. The molecule has 172 valence electrons. The number of nitrogens with zero attached hydrogens (tertiary/aromatic N) is 6. The Morgan fingerprint density at radius 3 is 2.76 bits per heavy atom. The molecule has 0 unspecified atom stereocenters. The smallest absolute Gasteiger partial charge is 0.278 e. The minimum atomic E-state index is -0.607. The van der Waals surface area contributed by atoms with E-state index < -0.39 is 11.4 Å². The van der Waals surface area contributed by atoms with Crippen LogP contribution in [-0.4, -0.2) is 36.2 Å².